The first-order valence-electron chi connectivity index (χ1n) is 9.97. The lowest BCUT2D eigenvalue weighted by atomic mass is 9.99. The maximum absolute atomic E-state index is 12.8. The molecule has 0 saturated heterocycles. The van der Waals surface area contributed by atoms with E-state index in [0.29, 0.717) is 10.9 Å². The van der Waals surface area contributed by atoms with Gasteiger partial charge in [0.25, 0.3) is 5.91 Å². The summed E-state index contributed by atoms with van der Waals surface area (Å²) in [5, 5.41) is 14.9. The minimum atomic E-state index is -0.236. The van der Waals surface area contributed by atoms with Crippen molar-refractivity contribution in [3.8, 4) is 17.0 Å². The van der Waals surface area contributed by atoms with Gasteiger partial charge in [0.05, 0.1) is 22.0 Å². The number of halogens is 2. The molecule has 0 bridgehead atoms. The lowest BCUT2D eigenvalue weighted by Gasteiger charge is -2.03. The molecular weight excluding hydrogens is 532 g/mol. The highest BCUT2D eigenvalue weighted by Gasteiger charge is 2.21. The van der Waals surface area contributed by atoms with Crippen molar-refractivity contribution in [1.29, 1.82) is 0 Å². The second kappa shape index (κ2) is 7.15. The van der Waals surface area contributed by atoms with Crippen LogP contribution >= 0.6 is 31.9 Å². The van der Waals surface area contributed by atoms with Crippen LogP contribution in [0.5, 0.6) is 5.88 Å². The monoisotopic (exact) mass is 544 g/mol. The number of H-pyrrole nitrogens is 1. The van der Waals surface area contributed by atoms with Crippen molar-refractivity contribution >= 4 is 65.0 Å². The highest BCUT2D eigenvalue weighted by atomic mass is 79.9. The van der Waals surface area contributed by atoms with Gasteiger partial charge in [-0.3, -0.25) is 4.79 Å². The largest absolute Gasteiger partial charge is 0.494 e. The van der Waals surface area contributed by atoms with Crippen LogP contribution in [0.4, 0.5) is 0 Å². The number of carbonyl (C=O) groups excluding carboxylic acids is 1. The highest BCUT2D eigenvalue weighted by molar-refractivity contribution is 9.10. The molecule has 6 rings (SSSR count). The van der Waals surface area contributed by atoms with Crippen molar-refractivity contribution in [2.45, 2.75) is 0 Å². The molecule has 0 fully saturated rings. The number of rotatable bonds is 2. The predicted octanol–water partition coefficient (Wildman–Crippen LogP) is 5.58. The minimum absolute atomic E-state index is 0.116. The Morgan fingerprint density at radius 1 is 0.719 bits per heavy atom. The van der Waals surface area contributed by atoms with E-state index < -0.39 is 0 Å². The van der Waals surface area contributed by atoms with Gasteiger partial charge in [0.1, 0.15) is 0 Å². The molecule has 2 heterocycles. The van der Waals surface area contributed by atoms with Crippen LogP contribution in [0.1, 0.15) is 5.56 Å². The smallest absolute Gasteiger partial charge is 0.278 e. The number of aromatic nitrogens is 1. The Bertz CT molecular complexity index is 1700. The highest BCUT2D eigenvalue weighted by Crippen LogP contribution is 2.39. The Morgan fingerprint density at radius 3 is 2.00 bits per heavy atom. The first kappa shape index (κ1) is 19.5. The number of nitrogens with zero attached hydrogens (tertiary/aromatic N) is 1. The van der Waals surface area contributed by atoms with E-state index in [1.54, 1.807) is 0 Å². The van der Waals surface area contributed by atoms with E-state index >= 15 is 0 Å². The number of fused-ring (bicyclic) bond motifs is 5. The van der Waals surface area contributed by atoms with Crippen molar-refractivity contribution in [2.75, 3.05) is 0 Å². The number of nitrogens with one attached hydrogen (secondary N) is 1. The van der Waals surface area contributed by atoms with Crippen molar-refractivity contribution in [2.24, 2.45) is 4.99 Å². The fourth-order valence-corrected chi connectivity index (χ4v) is 4.97. The van der Waals surface area contributed by atoms with E-state index in [1.165, 1.54) is 0 Å². The second-order valence-corrected chi connectivity index (χ2v) is 9.53. The van der Waals surface area contributed by atoms with Gasteiger partial charge in [-0.15, -0.1) is 0 Å². The van der Waals surface area contributed by atoms with Crippen molar-refractivity contribution in [3.05, 3.63) is 97.9 Å². The first-order chi connectivity index (χ1) is 15.5. The first-order valence-corrected chi connectivity index (χ1v) is 11.6. The lowest BCUT2D eigenvalue weighted by Crippen LogP contribution is -2.24. The van der Waals surface area contributed by atoms with Crippen molar-refractivity contribution < 1.29 is 9.90 Å². The molecule has 1 aliphatic rings. The molecule has 0 spiro atoms. The summed E-state index contributed by atoms with van der Waals surface area (Å²) < 4.78 is 1.93. The van der Waals surface area contributed by atoms with Crippen LogP contribution < -0.4 is 10.6 Å². The minimum Gasteiger partial charge on any atom is -0.494 e. The van der Waals surface area contributed by atoms with E-state index in [0.717, 1.165) is 52.5 Å². The lowest BCUT2D eigenvalue weighted by molar-refractivity contribution is -0.112. The van der Waals surface area contributed by atoms with Crippen LogP contribution in [-0.4, -0.2) is 16.0 Å². The molecule has 0 radical (unpaired) electrons. The molecule has 4 aromatic carbocycles. The van der Waals surface area contributed by atoms with Crippen LogP contribution in [-0.2, 0) is 4.79 Å². The van der Waals surface area contributed by atoms with Crippen molar-refractivity contribution in [1.82, 2.24) is 4.98 Å². The number of carbonyl (C=O) groups is 1. The summed E-state index contributed by atoms with van der Waals surface area (Å²) >= 11 is 6.90. The summed E-state index contributed by atoms with van der Waals surface area (Å²) in [7, 11) is 0. The van der Waals surface area contributed by atoms with Gasteiger partial charge >= 0.3 is 0 Å². The van der Waals surface area contributed by atoms with Gasteiger partial charge < -0.3 is 10.1 Å². The van der Waals surface area contributed by atoms with E-state index in [1.807, 2.05) is 72.8 Å². The van der Waals surface area contributed by atoms with E-state index in [-0.39, 0.29) is 11.8 Å². The average Bonchev–Trinajstić information content (AvgIpc) is 3.31. The molecule has 32 heavy (non-hydrogen) atoms. The van der Waals surface area contributed by atoms with Crippen LogP contribution in [0.3, 0.4) is 0 Å². The summed E-state index contributed by atoms with van der Waals surface area (Å²) in [6, 6.07) is 23.4. The van der Waals surface area contributed by atoms with Crippen LogP contribution in [0.15, 0.2) is 86.7 Å². The standard InChI is InChI=1S/C26H14Br2N2O2/c27-15-5-1-13(2-6-15)21-19-11-9-18-17(23(19)29-25(21)31)10-12-20-22(26(32)30-24(18)20)14-3-7-16(28)8-4-14/h1-12,29,31H. The van der Waals surface area contributed by atoms with Crippen LogP contribution in [0, 0.1) is 0 Å². The number of aromatic amines is 1. The molecule has 2 N–H and O–H groups in total. The zero-order valence-corrected chi connectivity index (χ0v) is 19.7. The van der Waals surface area contributed by atoms with Gasteiger partial charge in [-0.2, -0.15) is 0 Å². The molecular formula is C26H14Br2N2O2. The Labute approximate surface area is 199 Å². The summed E-state index contributed by atoms with van der Waals surface area (Å²) in [6.07, 6.45) is 0. The van der Waals surface area contributed by atoms with Crippen LogP contribution in [0.25, 0.3) is 38.4 Å². The maximum atomic E-state index is 12.8. The Hall–Kier alpha value is -3.22. The fraction of sp³-hybridized carbons (Fsp3) is 0. The summed E-state index contributed by atoms with van der Waals surface area (Å²) in [5.74, 6) is -0.120. The molecule has 0 aliphatic carbocycles. The maximum Gasteiger partial charge on any atom is 0.278 e. The molecule has 0 unspecified atom stereocenters. The third kappa shape index (κ3) is 2.87. The molecule has 0 saturated carbocycles. The number of hydrogen-bond donors (Lipinski definition) is 2. The third-order valence-electron chi connectivity index (χ3n) is 5.88. The molecule has 1 aliphatic heterocycles. The second-order valence-electron chi connectivity index (χ2n) is 7.70. The van der Waals surface area contributed by atoms with E-state index in [9.17, 15) is 9.90 Å². The van der Waals surface area contributed by atoms with Gasteiger partial charge in [-0.25, -0.2) is 4.99 Å². The Kier molecular flexibility index (Phi) is 4.35. The van der Waals surface area contributed by atoms with Gasteiger partial charge in [-0.1, -0.05) is 80.4 Å². The molecule has 6 heteroatoms. The average molecular weight is 546 g/mol. The fourth-order valence-electron chi connectivity index (χ4n) is 4.44. The third-order valence-corrected chi connectivity index (χ3v) is 6.94. The summed E-state index contributed by atoms with van der Waals surface area (Å²) in [5.41, 5.74) is 3.95. The van der Waals surface area contributed by atoms with E-state index in [4.69, 9.17) is 0 Å². The van der Waals surface area contributed by atoms with Gasteiger partial charge in [0.2, 0.25) is 0 Å². The van der Waals surface area contributed by atoms with Crippen LogP contribution in [0.2, 0.25) is 0 Å². The molecule has 1 amide bonds. The zero-order chi connectivity index (χ0) is 22.0. The molecule has 1 aromatic heterocycles. The molecule has 0 atom stereocenters. The van der Waals surface area contributed by atoms with Gasteiger partial charge in [0.15, 0.2) is 5.88 Å². The molecule has 154 valence electrons. The number of benzene rings is 4. The molecule has 5 aromatic rings. The van der Waals surface area contributed by atoms with Gasteiger partial charge in [-0.05, 0) is 35.4 Å². The number of amides is 1. The van der Waals surface area contributed by atoms with E-state index in [2.05, 4.69) is 41.8 Å². The van der Waals surface area contributed by atoms with Crippen molar-refractivity contribution in [3.63, 3.8) is 0 Å². The Morgan fingerprint density at radius 2 is 1.31 bits per heavy atom. The number of hydrogen-bond acceptors (Lipinski definition) is 2. The van der Waals surface area contributed by atoms with Gasteiger partial charge in [0, 0.05) is 30.3 Å². The molecule has 4 nitrogen and oxygen atoms in total. The topological polar surface area (TPSA) is 65.4 Å². The summed E-state index contributed by atoms with van der Waals surface area (Å²) in [6.45, 7) is 0. The quantitative estimate of drug-likeness (QED) is 0.304. The normalized spacial score (nSPS) is 13.1. The SMILES string of the molecule is O=C1N=c2c(ccc3c2ccc2c(-c4ccc(Br)cc4)c(O)[nH]c23)=C1c1ccc(Br)cc1. The summed E-state index contributed by atoms with van der Waals surface area (Å²) in [4.78, 5) is 20.4. The Balaban J connectivity index is 1.64. The number of aromatic hydroxyl groups is 1. The zero-order valence-electron chi connectivity index (χ0n) is 16.5. The predicted molar refractivity (Wildman–Crippen MR) is 133 cm³/mol.